The molecule has 0 aliphatic carbocycles. The molecule has 0 bridgehead atoms. The van der Waals surface area contributed by atoms with Crippen molar-refractivity contribution in [3.63, 3.8) is 0 Å². The Balaban J connectivity index is 1.98. The highest BCUT2D eigenvalue weighted by Crippen LogP contribution is 2.32. The van der Waals surface area contributed by atoms with Crippen LogP contribution in [0.2, 0.25) is 0 Å². The molecule has 0 radical (unpaired) electrons. The Morgan fingerprint density at radius 3 is 2.09 bits per heavy atom. The topological polar surface area (TPSA) is 99.2 Å². The Kier molecular flexibility index (Phi) is 8.16. The molecule has 0 heterocycles. The van der Waals surface area contributed by atoms with Crippen molar-refractivity contribution < 1.29 is 23.2 Å². The minimum Gasteiger partial charge on any atom is -0.497 e. The number of nitrogens with zero attached hydrogens (tertiary/aromatic N) is 2. The standard InChI is InChI=1S/C26H31N3O5S/c1-18-14-21(15-19-6-8-20(9-7-19)17-28(2)3)16-24(26(30)27-31)25(18)29(4)35(32,33)23-12-10-22(34-5)11-13-23/h6-14,16,31H,15,17H2,1-5H3,(H,27,30). The van der Waals surface area contributed by atoms with Gasteiger partial charge in [0, 0.05) is 13.6 Å². The van der Waals surface area contributed by atoms with Gasteiger partial charge in [-0.2, -0.15) is 0 Å². The molecule has 0 saturated carbocycles. The number of methoxy groups -OCH3 is 1. The van der Waals surface area contributed by atoms with Crippen LogP contribution in [0.1, 0.15) is 32.6 Å². The number of benzene rings is 3. The fourth-order valence-electron chi connectivity index (χ4n) is 4.00. The lowest BCUT2D eigenvalue weighted by Gasteiger charge is -2.24. The van der Waals surface area contributed by atoms with Crippen molar-refractivity contribution in [2.24, 2.45) is 0 Å². The van der Waals surface area contributed by atoms with Crippen LogP contribution in [0.25, 0.3) is 0 Å². The normalized spacial score (nSPS) is 11.4. The maximum Gasteiger partial charge on any atom is 0.276 e. The molecule has 0 aliphatic rings. The van der Waals surface area contributed by atoms with E-state index in [0.29, 0.717) is 17.7 Å². The molecule has 9 heteroatoms. The summed E-state index contributed by atoms with van der Waals surface area (Å²) in [5, 5.41) is 9.36. The number of rotatable bonds is 9. The molecule has 3 aromatic rings. The second kappa shape index (κ2) is 10.9. The second-order valence-electron chi connectivity index (χ2n) is 8.63. The Morgan fingerprint density at radius 1 is 0.943 bits per heavy atom. The second-order valence-corrected chi connectivity index (χ2v) is 10.6. The number of aryl methyl sites for hydroxylation is 1. The summed E-state index contributed by atoms with van der Waals surface area (Å²) in [6.45, 7) is 2.58. The lowest BCUT2D eigenvalue weighted by molar-refractivity contribution is 0.0707. The fourth-order valence-corrected chi connectivity index (χ4v) is 5.28. The number of hydrogen-bond acceptors (Lipinski definition) is 6. The molecule has 0 atom stereocenters. The first-order chi connectivity index (χ1) is 16.6. The third-order valence-corrected chi connectivity index (χ3v) is 7.44. The third kappa shape index (κ3) is 6.00. The van der Waals surface area contributed by atoms with Crippen molar-refractivity contribution in [1.29, 1.82) is 0 Å². The predicted octanol–water partition coefficient (Wildman–Crippen LogP) is 3.60. The van der Waals surface area contributed by atoms with E-state index in [-0.39, 0.29) is 16.1 Å². The van der Waals surface area contributed by atoms with Crippen LogP contribution in [0.3, 0.4) is 0 Å². The van der Waals surface area contributed by atoms with E-state index in [0.717, 1.165) is 22.0 Å². The molecule has 0 aliphatic heterocycles. The Morgan fingerprint density at radius 2 is 1.54 bits per heavy atom. The molecular weight excluding hydrogens is 466 g/mol. The van der Waals surface area contributed by atoms with Gasteiger partial charge in [-0.1, -0.05) is 30.3 Å². The number of hydrogen-bond donors (Lipinski definition) is 2. The number of anilines is 1. The van der Waals surface area contributed by atoms with Gasteiger partial charge in [0.1, 0.15) is 5.75 Å². The van der Waals surface area contributed by atoms with E-state index in [2.05, 4.69) is 17.0 Å². The van der Waals surface area contributed by atoms with E-state index in [1.54, 1.807) is 30.6 Å². The van der Waals surface area contributed by atoms with Crippen LogP contribution < -0.4 is 14.5 Å². The first-order valence-electron chi connectivity index (χ1n) is 11.0. The first kappa shape index (κ1) is 26.2. The molecule has 186 valence electrons. The van der Waals surface area contributed by atoms with Crippen molar-refractivity contribution in [3.8, 4) is 5.75 Å². The number of carbonyl (C=O) groups excluding carboxylic acids is 1. The first-order valence-corrected chi connectivity index (χ1v) is 12.4. The molecule has 8 nitrogen and oxygen atoms in total. The molecule has 3 rings (SSSR count). The lowest BCUT2D eigenvalue weighted by atomic mass is 9.97. The van der Waals surface area contributed by atoms with Gasteiger partial charge in [0.25, 0.3) is 15.9 Å². The molecule has 2 N–H and O–H groups in total. The molecule has 35 heavy (non-hydrogen) atoms. The van der Waals surface area contributed by atoms with Crippen LogP contribution in [-0.2, 0) is 23.0 Å². The van der Waals surface area contributed by atoms with Crippen LogP contribution >= 0.6 is 0 Å². The molecule has 3 aromatic carbocycles. The summed E-state index contributed by atoms with van der Waals surface area (Å²) >= 11 is 0. The summed E-state index contributed by atoms with van der Waals surface area (Å²) in [4.78, 5) is 14.7. The summed E-state index contributed by atoms with van der Waals surface area (Å²) in [5.74, 6) is -0.259. The average Bonchev–Trinajstić information content (AvgIpc) is 2.83. The summed E-state index contributed by atoms with van der Waals surface area (Å²) in [5.41, 5.74) is 5.55. The Labute approximate surface area is 206 Å². The number of carbonyl (C=O) groups is 1. The molecule has 0 saturated heterocycles. The van der Waals surface area contributed by atoms with Crippen LogP contribution in [0.15, 0.2) is 65.6 Å². The van der Waals surface area contributed by atoms with E-state index in [4.69, 9.17) is 4.74 Å². The molecule has 0 aromatic heterocycles. The van der Waals surface area contributed by atoms with Gasteiger partial charge in [-0.25, -0.2) is 13.9 Å². The average molecular weight is 498 g/mol. The summed E-state index contributed by atoms with van der Waals surface area (Å²) in [6, 6.07) is 17.7. The maximum absolute atomic E-state index is 13.3. The zero-order valence-electron chi connectivity index (χ0n) is 20.6. The van der Waals surface area contributed by atoms with E-state index in [1.165, 1.54) is 31.9 Å². The minimum absolute atomic E-state index is 0.0532. The van der Waals surface area contributed by atoms with Gasteiger partial charge in [-0.3, -0.25) is 14.3 Å². The van der Waals surface area contributed by atoms with Gasteiger partial charge in [-0.05, 0) is 80.0 Å². The summed E-state index contributed by atoms with van der Waals surface area (Å²) < 4.78 is 32.8. The van der Waals surface area contributed by atoms with E-state index >= 15 is 0 Å². The number of sulfonamides is 1. The highest BCUT2D eigenvalue weighted by molar-refractivity contribution is 7.92. The van der Waals surface area contributed by atoms with Gasteiger partial charge < -0.3 is 9.64 Å². The maximum atomic E-state index is 13.3. The van der Waals surface area contributed by atoms with Crippen LogP contribution in [0.5, 0.6) is 5.75 Å². The Bertz CT molecular complexity index is 1290. The number of nitrogens with one attached hydrogen (secondary N) is 1. The van der Waals surface area contributed by atoms with Gasteiger partial charge in [0.2, 0.25) is 0 Å². The fraction of sp³-hybridized carbons (Fsp3) is 0.269. The van der Waals surface area contributed by atoms with Gasteiger partial charge in [-0.15, -0.1) is 0 Å². The smallest absolute Gasteiger partial charge is 0.276 e. The largest absolute Gasteiger partial charge is 0.497 e. The molecule has 1 amide bonds. The van der Waals surface area contributed by atoms with Gasteiger partial charge in [0.05, 0.1) is 23.3 Å². The van der Waals surface area contributed by atoms with Crippen molar-refractivity contribution in [2.45, 2.75) is 24.8 Å². The molecule has 0 fully saturated rings. The van der Waals surface area contributed by atoms with Crippen LogP contribution in [0.4, 0.5) is 5.69 Å². The lowest BCUT2D eigenvalue weighted by Crippen LogP contribution is -2.31. The van der Waals surface area contributed by atoms with Crippen LogP contribution in [-0.4, -0.2) is 52.7 Å². The van der Waals surface area contributed by atoms with Crippen molar-refractivity contribution in [1.82, 2.24) is 10.4 Å². The zero-order valence-corrected chi connectivity index (χ0v) is 21.4. The summed E-state index contributed by atoms with van der Waals surface area (Å²) in [7, 11) is 2.93. The van der Waals surface area contributed by atoms with E-state index in [1.807, 2.05) is 32.3 Å². The monoisotopic (exact) mass is 497 g/mol. The van der Waals surface area contributed by atoms with E-state index < -0.39 is 15.9 Å². The number of amides is 1. The van der Waals surface area contributed by atoms with Crippen LogP contribution in [0, 0.1) is 6.92 Å². The molecule has 0 unspecified atom stereocenters. The van der Waals surface area contributed by atoms with Crippen molar-refractivity contribution >= 4 is 21.6 Å². The van der Waals surface area contributed by atoms with E-state index in [9.17, 15) is 18.4 Å². The SMILES string of the molecule is COc1ccc(S(=O)(=O)N(C)c2c(C)cc(Cc3ccc(CN(C)C)cc3)cc2C(=O)NO)cc1. The predicted molar refractivity (Wildman–Crippen MR) is 136 cm³/mol. The highest BCUT2D eigenvalue weighted by Gasteiger charge is 2.27. The zero-order chi connectivity index (χ0) is 25.8. The van der Waals surface area contributed by atoms with Crippen molar-refractivity contribution in [2.75, 3.05) is 32.6 Å². The highest BCUT2D eigenvalue weighted by atomic mass is 32.2. The van der Waals surface area contributed by atoms with Crippen molar-refractivity contribution in [3.05, 3.63) is 88.5 Å². The summed E-state index contributed by atoms with van der Waals surface area (Å²) in [6.07, 6.45) is 0.546. The molecular formula is C26H31N3O5S. The van der Waals surface area contributed by atoms with Gasteiger partial charge >= 0.3 is 0 Å². The minimum atomic E-state index is -3.98. The Hall–Kier alpha value is -3.40. The number of ether oxygens (including phenoxy) is 1. The third-order valence-electron chi connectivity index (χ3n) is 5.67. The quantitative estimate of drug-likeness (QED) is 0.346. The van der Waals surface area contributed by atoms with Gasteiger partial charge in [0.15, 0.2) is 0 Å². The number of hydroxylamine groups is 1. The molecule has 0 spiro atoms.